The molecule has 0 bridgehead atoms. The van der Waals surface area contributed by atoms with Crippen LogP contribution < -0.4 is 0 Å². The Balaban J connectivity index is 1.75. The minimum Gasteiger partial charge on any atom is -0.493 e. The molecule has 0 saturated carbocycles. The highest BCUT2D eigenvalue weighted by molar-refractivity contribution is 6.33. The van der Waals surface area contributed by atoms with Gasteiger partial charge >= 0.3 is 0 Å². The number of aliphatic imine (C=N–C) groups is 1. The number of fused-ring (bicyclic) bond motifs is 1. The molecule has 0 saturated heterocycles. The number of hydrogen-bond acceptors (Lipinski definition) is 3. The number of aromatic hydroxyl groups is 1. The number of para-hydroxylation sites is 2. The molecule has 5 rings (SSSR count). The van der Waals surface area contributed by atoms with E-state index in [9.17, 15) is 5.11 Å². The van der Waals surface area contributed by atoms with Crippen LogP contribution in [0, 0.1) is 0 Å². The van der Waals surface area contributed by atoms with Crippen LogP contribution in [-0.2, 0) is 0 Å². The highest BCUT2D eigenvalue weighted by atomic mass is 35.5. The molecule has 0 radical (unpaired) electrons. The molecule has 0 spiro atoms. The second-order valence-electron chi connectivity index (χ2n) is 6.79. The van der Waals surface area contributed by atoms with Crippen LogP contribution in [0.25, 0.3) is 28.7 Å². The van der Waals surface area contributed by atoms with Crippen LogP contribution in [0.1, 0.15) is 11.3 Å². The first kappa shape index (κ1) is 18.7. The van der Waals surface area contributed by atoms with Gasteiger partial charge < -0.3 is 5.11 Å². The number of rotatable bonds is 3. The lowest BCUT2D eigenvalue weighted by Crippen LogP contribution is -1.98. The minimum absolute atomic E-state index is 0.0247. The van der Waals surface area contributed by atoms with Gasteiger partial charge in [0.1, 0.15) is 11.5 Å². The maximum atomic E-state index is 11.2. The van der Waals surface area contributed by atoms with Gasteiger partial charge in [-0.15, -0.1) is 0 Å². The number of hydrogen-bond donors (Lipinski definition) is 1. The second-order valence-corrected chi connectivity index (χ2v) is 7.60. The van der Waals surface area contributed by atoms with Crippen molar-refractivity contribution in [2.75, 3.05) is 0 Å². The maximum Gasteiger partial charge on any atom is 0.224 e. The first-order chi connectivity index (χ1) is 14.6. The number of aromatic nitrogens is 2. The topological polar surface area (TPSA) is 50.4 Å². The molecular formula is C24H15Cl2N3O. The Kier molecular flexibility index (Phi) is 4.66. The van der Waals surface area contributed by atoms with Crippen molar-refractivity contribution in [3.8, 4) is 23.0 Å². The molecule has 0 unspecified atom stereocenters. The molecule has 6 heteroatoms. The Labute approximate surface area is 183 Å². The second kappa shape index (κ2) is 7.48. The number of benzene rings is 3. The van der Waals surface area contributed by atoms with Gasteiger partial charge in [0.2, 0.25) is 5.88 Å². The van der Waals surface area contributed by atoms with E-state index < -0.39 is 0 Å². The lowest BCUT2D eigenvalue weighted by atomic mass is 10.1. The van der Waals surface area contributed by atoms with Crippen molar-refractivity contribution in [2.45, 2.75) is 0 Å². The van der Waals surface area contributed by atoms with Crippen LogP contribution in [-0.4, -0.2) is 20.9 Å². The van der Waals surface area contributed by atoms with E-state index in [-0.39, 0.29) is 5.88 Å². The average molecular weight is 432 g/mol. The molecule has 3 aromatic carbocycles. The molecule has 0 amide bonds. The third-order valence-electron chi connectivity index (χ3n) is 4.94. The molecule has 30 heavy (non-hydrogen) atoms. The molecule has 1 aromatic heterocycles. The van der Waals surface area contributed by atoms with Crippen molar-refractivity contribution in [2.24, 2.45) is 4.99 Å². The predicted octanol–water partition coefficient (Wildman–Crippen LogP) is 6.81. The van der Waals surface area contributed by atoms with Crippen molar-refractivity contribution in [1.29, 1.82) is 0 Å². The fourth-order valence-electron chi connectivity index (χ4n) is 3.51. The van der Waals surface area contributed by atoms with E-state index in [1.54, 1.807) is 22.9 Å². The Hall–Kier alpha value is -3.34. The molecule has 4 nitrogen and oxygen atoms in total. The SMILES string of the molecule is Oc1c(/C=C2\C=Nc3ccccc32)nc(-c2ccccc2Cl)n1-c1ccccc1Cl. The molecule has 0 fully saturated rings. The highest BCUT2D eigenvalue weighted by Crippen LogP contribution is 2.39. The van der Waals surface area contributed by atoms with Crippen LogP contribution >= 0.6 is 23.2 Å². The summed E-state index contributed by atoms with van der Waals surface area (Å²) in [6, 6.07) is 22.5. The van der Waals surface area contributed by atoms with Crippen LogP contribution in [0.2, 0.25) is 10.0 Å². The van der Waals surface area contributed by atoms with E-state index in [4.69, 9.17) is 28.2 Å². The molecule has 4 aromatic rings. The van der Waals surface area contributed by atoms with Gasteiger partial charge in [0, 0.05) is 22.9 Å². The predicted molar refractivity (Wildman–Crippen MR) is 123 cm³/mol. The Morgan fingerprint density at radius 1 is 0.800 bits per heavy atom. The van der Waals surface area contributed by atoms with Crippen LogP contribution in [0.3, 0.4) is 0 Å². The van der Waals surface area contributed by atoms with Crippen molar-refractivity contribution in [1.82, 2.24) is 9.55 Å². The van der Waals surface area contributed by atoms with Crippen molar-refractivity contribution in [3.05, 3.63) is 94.1 Å². The van der Waals surface area contributed by atoms with E-state index in [1.807, 2.05) is 66.7 Å². The average Bonchev–Trinajstić information content (AvgIpc) is 3.31. The Morgan fingerprint density at radius 3 is 2.23 bits per heavy atom. The molecule has 1 aliphatic rings. The monoisotopic (exact) mass is 431 g/mol. The van der Waals surface area contributed by atoms with E-state index in [0.29, 0.717) is 32.8 Å². The summed E-state index contributed by atoms with van der Waals surface area (Å²) in [5.41, 5.74) is 4.46. The normalized spacial score (nSPS) is 13.7. The fraction of sp³-hybridized carbons (Fsp3) is 0. The fourth-order valence-corrected chi connectivity index (χ4v) is 3.95. The smallest absolute Gasteiger partial charge is 0.224 e. The van der Waals surface area contributed by atoms with Gasteiger partial charge in [-0.1, -0.05) is 65.7 Å². The van der Waals surface area contributed by atoms with Gasteiger partial charge in [-0.3, -0.25) is 9.56 Å². The zero-order valence-electron chi connectivity index (χ0n) is 15.6. The summed E-state index contributed by atoms with van der Waals surface area (Å²) in [6.45, 7) is 0. The largest absolute Gasteiger partial charge is 0.493 e. The van der Waals surface area contributed by atoms with Crippen molar-refractivity contribution in [3.63, 3.8) is 0 Å². The Bertz CT molecular complexity index is 1340. The van der Waals surface area contributed by atoms with Crippen LogP contribution in [0.5, 0.6) is 5.88 Å². The van der Waals surface area contributed by atoms with Crippen LogP contribution in [0.4, 0.5) is 5.69 Å². The highest BCUT2D eigenvalue weighted by Gasteiger charge is 2.22. The first-order valence-electron chi connectivity index (χ1n) is 9.30. The summed E-state index contributed by atoms with van der Waals surface area (Å²) in [5, 5.41) is 12.2. The van der Waals surface area contributed by atoms with E-state index in [0.717, 1.165) is 16.8 Å². The molecule has 0 atom stereocenters. The van der Waals surface area contributed by atoms with Gasteiger partial charge in [-0.25, -0.2) is 4.98 Å². The molecule has 2 heterocycles. The molecule has 146 valence electrons. The number of nitrogens with zero attached hydrogens (tertiary/aromatic N) is 3. The van der Waals surface area contributed by atoms with E-state index >= 15 is 0 Å². The first-order valence-corrected chi connectivity index (χ1v) is 10.1. The van der Waals surface area contributed by atoms with Gasteiger partial charge in [0.05, 0.1) is 21.4 Å². The third kappa shape index (κ3) is 3.11. The number of imidazole rings is 1. The molecule has 0 aliphatic carbocycles. The summed E-state index contributed by atoms with van der Waals surface area (Å²) in [7, 11) is 0. The van der Waals surface area contributed by atoms with E-state index in [2.05, 4.69) is 4.99 Å². The molecular weight excluding hydrogens is 417 g/mol. The van der Waals surface area contributed by atoms with Crippen molar-refractivity contribution >= 4 is 46.8 Å². The molecule has 1 N–H and O–H groups in total. The van der Waals surface area contributed by atoms with Gasteiger partial charge in [0.15, 0.2) is 0 Å². The zero-order chi connectivity index (χ0) is 20.7. The molecule has 1 aliphatic heterocycles. The summed E-state index contributed by atoms with van der Waals surface area (Å²) < 4.78 is 1.62. The number of halogens is 2. The zero-order valence-corrected chi connectivity index (χ0v) is 17.1. The summed E-state index contributed by atoms with van der Waals surface area (Å²) in [4.78, 5) is 9.16. The number of allylic oxidation sites excluding steroid dienone is 1. The third-order valence-corrected chi connectivity index (χ3v) is 5.59. The van der Waals surface area contributed by atoms with Crippen LogP contribution in [0.15, 0.2) is 77.8 Å². The van der Waals surface area contributed by atoms with Gasteiger partial charge in [-0.2, -0.15) is 0 Å². The Morgan fingerprint density at radius 2 is 1.47 bits per heavy atom. The van der Waals surface area contributed by atoms with E-state index in [1.165, 1.54) is 0 Å². The lowest BCUT2D eigenvalue weighted by Gasteiger charge is -2.11. The van der Waals surface area contributed by atoms with Gasteiger partial charge in [0.25, 0.3) is 0 Å². The quantitative estimate of drug-likeness (QED) is 0.387. The standard InChI is InChI=1S/C24H15Cl2N3O/c25-18-9-3-1-8-17(18)23-28-21(13-15-14-27-20-11-5-2-7-16(15)20)24(30)29(23)22-12-6-4-10-19(22)26/h1-14,30H/b15-13+. The summed E-state index contributed by atoms with van der Waals surface area (Å²) in [6.07, 6.45) is 3.59. The minimum atomic E-state index is -0.0247. The van der Waals surface area contributed by atoms with Gasteiger partial charge in [-0.05, 0) is 36.4 Å². The van der Waals surface area contributed by atoms with Crippen molar-refractivity contribution < 1.29 is 5.11 Å². The summed E-state index contributed by atoms with van der Waals surface area (Å²) >= 11 is 12.9. The maximum absolute atomic E-state index is 11.2. The lowest BCUT2D eigenvalue weighted by molar-refractivity contribution is 0.442. The summed E-state index contributed by atoms with van der Waals surface area (Å²) in [5.74, 6) is 0.476.